The Morgan fingerprint density at radius 2 is 1.64 bits per heavy atom. The molecule has 0 unspecified atom stereocenters. The molecule has 2 aliphatic heterocycles. The van der Waals surface area contributed by atoms with Crippen LogP contribution in [0.5, 0.6) is 0 Å². The molecule has 0 saturated carbocycles. The number of aryl methyl sites for hydroxylation is 1. The number of carbonyl (C=O) groups is 2. The molecular formula is C28H26N2O2S. The first-order valence-corrected chi connectivity index (χ1v) is 12.2. The van der Waals surface area contributed by atoms with Gasteiger partial charge in [0.15, 0.2) is 0 Å². The quantitative estimate of drug-likeness (QED) is 0.460. The van der Waals surface area contributed by atoms with E-state index in [2.05, 4.69) is 25.1 Å². The second kappa shape index (κ2) is 9.28. The van der Waals surface area contributed by atoms with Crippen molar-refractivity contribution in [2.75, 3.05) is 18.0 Å². The first kappa shape index (κ1) is 21.5. The van der Waals surface area contributed by atoms with Crippen molar-refractivity contribution in [3.8, 4) is 0 Å². The number of carbonyl (C=O) groups excluding carboxylic acids is 2. The highest BCUT2D eigenvalue weighted by atomic mass is 32.2. The first-order valence-electron chi connectivity index (χ1n) is 11.3. The standard InChI is InChI=1S/C28H26N2O2S/c1-20-8-2-3-9-23(20)19-30-24-10-4-5-11-25(24)33-26(28(30)32)18-21-12-14-22(15-13-21)27(31)29-16-6-7-17-29/h2-5,8-15,18H,6-7,16-17,19H2,1H3. The van der Waals surface area contributed by atoms with Crippen molar-refractivity contribution in [3.05, 3.63) is 100.0 Å². The van der Waals surface area contributed by atoms with E-state index < -0.39 is 0 Å². The van der Waals surface area contributed by atoms with E-state index in [1.807, 2.05) is 70.5 Å². The number of anilines is 1. The molecule has 0 radical (unpaired) electrons. The summed E-state index contributed by atoms with van der Waals surface area (Å²) in [5.41, 5.74) is 4.87. The molecule has 4 nitrogen and oxygen atoms in total. The van der Waals surface area contributed by atoms with Gasteiger partial charge in [-0.3, -0.25) is 9.59 Å². The molecule has 0 aromatic heterocycles. The zero-order chi connectivity index (χ0) is 22.8. The Bertz CT molecular complexity index is 1230. The average molecular weight is 455 g/mol. The van der Waals surface area contributed by atoms with Gasteiger partial charge in [-0.05, 0) is 66.8 Å². The van der Waals surface area contributed by atoms with Gasteiger partial charge in [0.05, 0.1) is 17.1 Å². The van der Waals surface area contributed by atoms with Crippen LogP contribution in [0.1, 0.15) is 39.9 Å². The van der Waals surface area contributed by atoms with Crippen LogP contribution in [-0.4, -0.2) is 29.8 Å². The minimum Gasteiger partial charge on any atom is -0.339 e. The summed E-state index contributed by atoms with van der Waals surface area (Å²) in [6, 6.07) is 23.8. The van der Waals surface area contributed by atoms with Gasteiger partial charge in [-0.15, -0.1) is 0 Å². The number of thioether (sulfide) groups is 1. The fourth-order valence-electron chi connectivity index (χ4n) is 4.35. The fourth-order valence-corrected chi connectivity index (χ4v) is 5.41. The van der Waals surface area contributed by atoms with E-state index in [0.717, 1.165) is 47.6 Å². The van der Waals surface area contributed by atoms with Gasteiger partial charge >= 0.3 is 0 Å². The number of hydrogen-bond donors (Lipinski definition) is 0. The molecule has 2 aliphatic rings. The van der Waals surface area contributed by atoms with Gasteiger partial charge in [0.2, 0.25) is 0 Å². The normalized spacial score (nSPS) is 16.9. The van der Waals surface area contributed by atoms with Crippen LogP contribution >= 0.6 is 11.8 Å². The molecule has 2 heterocycles. The molecule has 1 fully saturated rings. The predicted molar refractivity (Wildman–Crippen MR) is 134 cm³/mol. The number of rotatable bonds is 4. The molecular weight excluding hydrogens is 428 g/mol. The summed E-state index contributed by atoms with van der Waals surface area (Å²) >= 11 is 1.50. The molecule has 1 saturated heterocycles. The third-order valence-electron chi connectivity index (χ3n) is 6.27. The van der Waals surface area contributed by atoms with Crippen molar-refractivity contribution in [1.82, 2.24) is 4.90 Å². The summed E-state index contributed by atoms with van der Waals surface area (Å²) in [7, 11) is 0. The lowest BCUT2D eigenvalue weighted by Crippen LogP contribution is -2.33. The van der Waals surface area contributed by atoms with E-state index in [4.69, 9.17) is 0 Å². The SMILES string of the molecule is Cc1ccccc1CN1C(=O)C(=Cc2ccc(C(=O)N3CCCC3)cc2)Sc2ccccc21. The fraction of sp³-hybridized carbons (Fsp3) is 0.214. The summed E-state index contributed by atoms with van der Waals surface area (Å²) < 4.78 is 0. The molecule has 0 atom stereocenters. The number of amides is 2. The Kier molecular flexibility index (Phi) is 6.05. The number of benzene rings is 3. The van der Waals surface area contributed by atoms with Crippen molar-refractivity contribution in [2.45, 2.75) is 31.2 Å². The molecule has 3 aromatic carbocycles. The van der Waals surface area contributed by atoms with Gasteiger partial charge in [-0.25, -0.2) is 0 Å². The van der Waals surface area contributed by atoms with Crippen LogP contribution in [0.15, 0.2) is 82.6 Å². The monoisotopic (exact) mass is 454 g/mol. The number of nitrogens with zero attached hydrogens (tertiary/aromatic N) is 2. The molecule has 33 heavy (non-hydrogen) atoms. The van der Waals surface area contributed by atoms with E-state index in [1.165, 1.54) is 17.3 Å². The number of likely N-dealkylation sites (tertiary alicyclic amines) is 1. The lowest BCUT2D eigenvalue weighted by molar-refractivity contribution is -0.114. The van der Waals surface area contributed by atoms with Crippen LogP contribution in [0.2, 0.25) is 0 Å². The molecule has 0 aliphatic carbocycles. The summed E-state index contributed by atoms with van der Waals surface area (Å²) in [6.45, 7) is 4.29. The van der Waals surface area contributed by atoms with Crippen LogP contribution in [0.4, 0.5) is 5.69 Å². The molecule has 0 bridgehead atoms. The summed E-state index contributed by atoms with van der Waals surface area (Å²) in [6.07, 6.45) is 4.09. The molecule has 0 spiro atoms. The van der Waals surface area contributed by atoms with Crippen molar-refractivity contribution in [2.24, 2.45) is 0 Å². The van der Waals surface area contributed by atoms with Crippen molar-refractivity contribution < 1.29 is 9.59 Å². The maximum Gasteiger partial charge on any atom is 0.265 e. The van der Waals surface area contributed by atoms with E-state index in [-0.39, 0.29) is 11.8 Å². The molecule has 0 N–H and O–H groups in total. The maximum atomic E-state index is 13.5. The third-order valence-corrected chi connectivity index (χ3v) is 7.35. The topological polar surface area (TPSA) is 40.6 Å². The highest BCUT2D eigenvalue weighted by Crippen LogP contribution is 2.42. The Labute approximate surface area is 198 Å². The van der Waals surface area contributed by atoms with E-state index in [1.54, 1.807) is 0 Å². The molecule has 5 heteroatoms. The molecule has 3 aromatic rings. The van der Waals surface area contributed by atoms with Gasteiger partial charge in [0.25, 0.3) is 11.8 Å². The zero-order valence-corrected chi connectivity index (χ0v) is 19.5. The smallest absolute Gasteiger partial charge is 0.265 e. The zero-order valence-electron chi connectivity index (χ0n) is 18.7. The second-order valence-corrected chi connectivity index (χ2v) is 9.60. The third kappa shape index (κ3) is 4.46. The van der Waals surface area contributed by atoms with Gasteiger partial charge in [-0.1, -0.05) is 60.3 Å². The predicted octanol–water partition coefficient (Wildman–Crippen LogP) is 5.91. The maximum absolute atomic E-state index is 13.5. The Morgan fingerprint density at radius 3 is 2.39 bits per heavy atom. The van der Waals surface area contributed by atoms with Gasteiger partial charge in [0, 0.05) is 23.5 Å². The highest BCUT2D eigenvalue weighted by Gasteiger charge is 2.29. The van der Waals surface area contributed by atoms with Gasteiger partial charge in [0.1, 0.15) is 0 Å². The lowest BCUT2D eigenvalue weighted by atomic mass is 10.1. The molecule has 2 amide bonds. The number of hydrogen-bond acceptors (Lipinski definition) is 3. The second-order valence-electron chi connectivity index (χ2n) is 8.52. The lowest BCUT2D eigenvalue weighted by Gasteiger charge is -2.31. The number of fused-ring (bicyclic) bond motifs is 1. The van der Waals surface area contributed by atoms with Gasteiger partial charge < -0.3 is 9.80 Å². The summed E-state index contributed by atoms with van der Waals surface area (Å²) in [5, 5.41) is 0. The molecule has 5 rings (SSSR count). The van der Waals surface area contributed by atoms with E-state index in [9.17, 15) is 9.59 Å². The largest absolute Gasteiger partial charge is 0.339 e. The van der Waals surface area contributed by atoms with Crippen LogP contribution in [0, 0.1) is 6.92 Å². The summed E-state index contributed by atoms with van der Waals surface area (Å²) in [4.78, 5) is 31.7. The first-order chi connectivity index (χ1) is 16.1. The van der Waals surface area contributed by atoms with Crippen LogP contribution in [0.25, 0.3) is 6.08 Å². The molecule has 166 valence electrons. The summed E-state index contributed by atoms with van der Waals surface area (Å²) in [5.74, 6) is 0.0901. The Balaban J connectivity index is 1.43. The number of para-hydroxylation sites is 1. The average Bonchev–Trinajstić information content (AvgIpc) is 3.38. The highest BCUT2D eigenvalue weighted by molar-refractivity contribution is 8.04. The van der Waals surface area contributed by atoms with Crippen molar-refractivity contribution in [3.63, 3.8) is 0 Å². The van der Waals surface area contributed by atoms with Crippen LogP contribution in [0.3, 0.4) is 0 Å². The Morgan fingerprint density at radius 1 is 0.939 bits per heavy atom. The van der Waals surface area contributed by atoms with E-state index in [0.29, 0.717) is 17.0 Å². The Hall–Kier alpha value is -3.31. The minimum atomic E-state index is -0.000766. The van der Waals surface area contributed by atoms with E-state index >= 15 is 0 Å². The van der Waals surface area contributed by atoms with Crippen LogP contribution in [-0.2, 0) is 11.3 Å². The van der Waals surface area contributed by atoms with Crippen molar-refractivity contribution >= 4 is 35.3 Å². The van der Waals surface area contributed by atoms with Gasteiger partial charge in [-0.2, -0.15) is 0 Å². The van der Waals surface area contributed by atoms with Crippen molar-refractivity contribution in [1.29, 1.82) is 0 Å². The van der Waals surface area contributed by atoms with Crippen LogP contribution < -0.4 is 4.90 Å². The minimum absolute atomic E-state index is 0.000766.